The molecule has 0 heterocycles. The molecule has 2 heteroatoms. The zero-order valence-electron chi connectivity index (χ0n) is 9.16. The van der Waals surface area contributed by atoms with E-state index in [9.17, 15) is 0 Å². The summed E-state index contributed by atoms with van der Waals surface area (Å²) in [6.07, 6.45) is 3.77. The Kier molecular flexibility index (Phi) is 1.99. The van der Waals surface area contributed by atoms with E-state index in [1.165, 1.54) is 30.4 Å². The van der Waals surface area contributed by atoms with E-state index in [1.807, 2.05) is 6.07 Å². The summed E-state index contributed by atoms with van der Waals surface area (Å²) >= 11 is 0. The highest BCUT2D eigenvalue weighted by Crippen LogP contribution is 2.37. The van der Waals surface area contributed by atoms with Crippen molar-refractivity contribution in [3.8, 4) is 0 Å². The number of nitrogens with one attached hydrogen (secondary N) is 1. The molecule has 1 saturated carbocycles. The van der Waals surface area contributed by atoms with Gasteiger partial charge in [0, 0.05) is 17.8 Å². The van der Waals surface area contributed by atoms with Gasteiger partial charge in [-0.2, -0.15) is 0 Å². The minimum absolute atomic E-state index is 0.579. The Bertz CT molecular complexity index is 386. The normalized spacial score (nSPS) is 32.7. The van der Waals surface area contributed by atoms with Crippen LogP contribution >= 0.6 is 0 Å². The van der Waals surface area contributed by atoms with Crippen molar-refractivity contribution in [3.63, 3.8) is 0 Å². The van der Waals surface area contributed by atoms with Crippen molar-refractivity contribution in [2.45, 2.75) is 38.3 Å². The lowest BCUT2D eigenvalue weighted by Crippen LogP contribution is -2.22. The lowest BCUT2D eigenvalue weighted by molar-refractivity contribution is 0.513. The minimum atomic E-state index is 0.579. The van der Waals surface area contributed by atoms with Crippen LogP contribution in [0.4, 0.5) is 5.69 Å². The average molecular weight is 202 g/mol. The molecule has 2 aliphatic carbocycles. The summed E-state index contributed by atoms with van der Waals surface area (Å²) in [5, 5.41) is 3.74. The average Bonchev–Trinajstić information content (AvgIpc) is 2.74. The highest BCUT2D eigenvalue weighted by atomic mass is 15.0. The fraction of sp³-hybridized carbons (Fsp3) is 0.538. The van der Waals surface area contributed by atoms with Crippen molar-refractivity contribution in [1.82, 2.24) is 5.32 Å². The lowest BCUT2D eigenvalue weighted by atomic mass is 10.1. The summed E-state index contributed by atoms with van der Waals surface area (Å²) in [6, 6.07) is 7.69. The van der Waals surface area contributed by atoms with Crippen molar-refractivity contribution < 1.29 is 0 Å². The molecule has 3 unspecified atom stereocenters. The van der Waals surface area contributed by atoms with Crippen molar-refractivity contribution >= 4 is 5.69 Å². The lowest BCUT2D eigenvalue weighted by Gasteiger charge is -2.13. The molecule has 0 amide bonds. The van der Waals surface area contributed by atoms with Gasteiger partial charge in [0.05, 0.1) is 0 Å². The van der Waals surface area contributed by atoms with Gasteiger partial charge >= 0.3 is 0 Å². The van der Waals surface area contributed by atoms with Crippen molar-refractivity contribution in [2.75, 3.05) is 5.73 Å². The number of hydrogen-bond donors (Lipinski definition) is 2. The first-order valence-electron chi connectivity index (χ1n) is 5.88. The maximum atomic E-state index is 5.79. The molecule has 3 atom stereocenters. The molecule has 0 bridgehead atoms. The molecule has 2 nitrogen and oxygen atoms in total. The maximum absolute atomic E-state index is 5.79. The third-order valence-electron chi connectivity index (χ3n) is 3.77. The van der Waals surface area contributed by atoms with E-state index in [4.69, 9.17) is 5.73 Å². The Morgan fingerprint density at radius 3 is 2.93 bits per heavy atom. The second-order valence-electron chi connectivity index (χ2n) is 5.04. The van der Waals surface area contributed by atoms with E-state index >= 15 is 0 Å². The Morgan fingerprint density at radius 1 is 1.40 bits per heavy atom. The first-order valence-corrected chi connectivity index (χ1v) is 5.88. The molecule has 3 N–H and O–H groups in total. The standard InChI is InChI=1S/C13H18N2/c1-8-6-13(8)15-12-5-2-9-7-10(14)3-4-11(9)12/h3-4,7-8,12-13,15H,2,5-6,14H2,1H3. The fourth-order valence-corrected chi connectivity index (χ4v) is 2.62. The van der Waals surface area contributed by atoms with Crippen LogP contribution in [0.1, 0.15) is 36.9 Å². The van der Waals surface area contributed by atoms with Gasteiger partial charge in [0.2, 0.25) is 0 Å². The van der Waals surface area contributed by atoms with Crippen LogP contribution in [-0.2, 0) is 6.42 Å². The third kappa shape index (κ3) is 1.63. The van der Waals surface area contributed by atoms with Crippen LogP contribution in [0.2, 0.25) is 0 Å². The van der Waals surface area contributed by atoms with Crippen LogP contribution in [-0.4, -0.2) is 6.04 Å². The van der Waals surface area contributed by atoms with Crippen molar-refractivity contribution in [3.05, 3.63) is 29.3 Å². The van der Waals surface area contributed by atoms with Gasteiger partial charge < -0.3 is 11.1 Å². The van der Waals surface area contributed by atoms with E-state index in [-0.39, 0.29) is 0 Å². The molecule has 0 aromatic heterocycles. The van der Waals surface area contributed by atoms with Crippen molar-refractivity contribution in [2.24, 2.45) is 5.92 Å². The van der Waals surface area contributed by atoms with Gasteiger partial charge in [-0.25, -0.2) is 0 Å². The summed E-state index contributed by atoms with van der Waals surface area (Å²) in [5.74, 6) is 0.878. The quantitative estimate of drug-likeness (QED) is 0.722. The molecule has 0 radical (unpaired) electrons. The number of rotatable bonds is 2. The fourth-order valence-electron chi connectivity index (χ4n) is 2.62. The van der Waals surface area contributed by atoms with E-state index < -0.39 is 0 Å². The first-order chi connectivity index (χ1) is 7.24. The van der Waals surface area contributed by atoms with Gasteiger partial charge in [-0.15, -0.1) is 0 Å². The number of hydrogen-bond acceptors (Lipinski definition) is 2. The predicted octanol–water partition coefficient (Wildman–Crippen LogP) is 2.25. The number of nitrogen functional groups attached to an aromatic ring is 1. The number of fused-ring (bicyclic) bond motifs is 1. The summed E-state index contributed by atoms with van der Waals surface area (Å²) in [5.41, 5.74) is 9.61. The smallest absolute Gasteiger partial charge is 0.0328 e. The van der Waals surface area contributed by atoms with Crippen LogP contribution in [0, 0.1) is 5.92 Å². The van der Waals surface area contributed by atoms with Gasteiger partial charge in [-0.3, -0.25) is 0 Å². The number of aryl methyl sites for hydroxylation is 1. The Labute approximate surface area is 90.9 Å². The summed E-state index contributed by atoms with van der Waals surface area (Å²) in [4.78, 5) is 0. The van der Waals surface area contributed by atoms with Crippen LogP contribution in [0.3, 0.4) is 0 Å². The molecule has 15 heavy (non-hydrogen) atoms. The van der Waals surface area contributed by atoms with E-state index in [0.29, 0.717) is 6.04 Å². The molecule has 0 aliphatic heterocycles. The van der Waals surface area contributed by atoms with E-state index in [1.54, 1.807) is 0 Å². The molecule has 0 spiro atoms. The van der Waals surface area contributed by atoms with Crippen LogP contribution in [0.15, 0.2) is 18.2 Å². The zero-order chi connectivity index (χ0) is 10.4. The number of benzene rings is 1. The Morgan fingerprint density at radius 2 is 2.20 bits per heavy atom. The molecular weight excluding hydrogens is 184 g/mol. The minimum Gasteiger partial charge on any atom is -0.399 e. The highest BCUT2D eigenvalue weighted by Gasteiger charge is 2.35. The molecule has 0 saturated heterocycles. The molecule has 1 fully saturated rings. The van der Waals surface area contributed by atoms with Gasteiger partial charge in [0.1, 0.15) is 0 Å². The van der Waals surface area contributed by atoms with Crippen LogP contribution < -0.4 is 11.1 Å². The molecule has 1 aromatic rings. The number of anilines is 1. The zero-order valence-corrected chi connectivity index (χ0v) is 9.16. The molecule has 80 valence electrons. The van der Waals surface area contributed by atoms with Gasteiger partial charge in [-0.1, -0.05) is 13.0 Å². The van der Waals surface area contributed by atoms with E-state index in [2.05, 4.69) is 24.4 Å². The third-order valence-corrected chi connectivity index (χ3v) is 3.77. The molecule has 2 aliphatic rings. The van der Waals surface area contributed by atoms with E-state index in [0.717, 1.165) is 17.6 Å². The van der Waals surface area contributed by atoms with Crippen molar-refractivity contribution in [1.29, 1.82) is 0 Å². The second-order valence-corrected chi connectivity index (χ2v) is 5.04. The first kappa shape index (κ1) is 9.22. The number of nitrogens with two attached hydrogens (primary N) is 1. The molecular formula is C13H18N2. The molecule has 1 aromatic carbocycles. The topological polar surface area (TPSA) is 38.0 Å². The summed E-state index contributed by atoms with van der Waals surface area (Å²) in [7, 11) is 0. The summed E-state index contributed by atoms with van der Waals surface area (Å²) < 4.78 is 0. The SMILES string of the molecule is CC1CC1NC1CCc2cc(N)ccc21. The van der Waals surface area contributed by atoms with Crippen LogP contribution in [0.5, 0.6) is 0 Å². The monoisotopic (exact) mass is 202 g/mol. The Balaban J connectivity index is 1.79. The van der Waals surface area contributed by atoms with Gasteiger partial charge in [-0.05, 0) is 48.4 Å². The summed E-state index contributed by atoms with van der Waals surface area (Å²) in [6.45, 7) is 2.32. The maximum Gasteiger partial charge on any atom is 0.0328 e. The highest BCUT2D eigenvalue weighted by molar-refractivity contribution is 5.47. The molecule has 3 rings (SSSR count). The predicted molar refractivity (Wildman–Crippen MR) is 62.6 cm³/mol. The largest absolute Gasteiger partial charge is 0.399 e. The second kappa shape index (κ2) is 3.24. The van der Waals surface area contributed by atoms with Crippen LogP contribution in [0.25, 0.3) is 0 Å². The van der Waals surface area contributed by atoms with Gasteiger partial charge in [0.25, 0.3) is 0 Å². The Hall–Kier alpha value is -1.02. The van der Waals surface area contributed by atoms with Gasteiger partial charge in [0.15, 0.2) is 0 Å².